The number of hydrogen-bond donors (Lipinski definition) is 2. The van der Waals surface area contributed by atoms with E-state index in [-0.39, 0.29) is 68.1 Å². The number of amides is 1. The van der Waals surface area contributed by atoms with Crippen molar-refractivity contribution in [1.82, 2.24) is 24.2 Å². The van der Waals surface area contributed by atoms with E-state index in [0.717, 1.165) is 11.1 Å². The van der Waals surface area contributed by atoms with Crippen LogP contribution in [0.1, 0.15) is 78.8 Å². The second-order valence-corrected chi connectivity index (χ2v) is 33.6. The Labute approximate surface area is 439 Å². The van der Waals surface area contributed by atoms with E-state index in [0.29, 0.717) is 0 Å². The first-order chi connectivity index (χ1) is 34.8. The van der Waals surface area contributed by atoms with Crippen molar-refractivity contribution in [3.63, 3.8) is 0 Å². The van der Waals surface area contributed by atoms with Crippen LogP contribution in [0.2, 0.25) is 39.3 Å². The van der Waals surface area contributed by atoms with E-state index in [4.69, 9.17) is 50.0 Å². The number of esters is 2. The summed E-state index contributed by atoms with van der Waals surface area (Å²) >= 11 is 0. The Morgan fingerprint density at radius 1 is 0.797 bits per heavy atom. The second-order valence-electron chi connectivity index (χ2n) is 20.4. The van der Waals surface area contributed by atoms with Crippen molar-refractivity contribution in [2.24, 2.45) is 5.92 Å². The predicted octanol–water partition coefficient (Wildman–Crippen LogP) is 7.85. The predicted molar refractivity (Wildman–Crippen MR) is 286 cm³/mol. The first-order valence-corrected chi connectivity index (χ1v) is 35.0. The normalized spacial score (nSPS) is 18.1. The third-order valence-electron chi connectivity index (χ3n) is 10.7. The number of aromatic amines is 1. The number of carbonyl (C=O) groups excluding carboxylic acids is 3. The SMILES string of the molecule is CC(=O)OCCOC(OCCOC(C)=O)O[C@H]1C(OP(C)N(C(C)C)C(C)C)[C@@H](CO[Si](OC(c2ccccc2)c2ccccc2)(O[Si](C)(C)C)O[Si](C)(C)C)O[C@H]1n1cnc2c(=O)[nH]c(NC(=O)C(C)C)nc21. The van der Waals surface area contributed by atoms with E-state index in [1.54, 1.807) is 13.8 Å². The van der Waals surface area contributed by atoms with Gasteiger partial charge in [-0.3, -0.25) is 38.7 Å². The molecular formula is C49H77N6O15PSi3. The number of fused-ring (bicyclic) bond motifs is 1. The van der Waals surface area contributed by atoms with Crippen molar-refractivity contribution < 1.29 is 64.4 Å². The third kappa shape index (κ3) is 18.0. The van der Waals surface area contributed by atoms with Gasteiger partial charge in [-0.1, -0.05) is 74.5 Å². The van der Waals surface area contributed by atoms with Crippen LogP contribution in [-0.2, 0) is 64.4 Å². The Balaban J connectivity index is 1.71. The number of hydrogen-bond acceptors (Lipinski definition) is 18. The van der Waals surface area contributed by atoms with Crippen LogP contribution in [0.4, 0.5) is 5.95 Å². The Morgan fingerprint density at radius 2 is 1.32 bits per heavy atom. The summed E-state index contributed by atoms with van der Waals surface area (Å²) < 4.78 is 76.2. The van der Waals surface area contributed by atoms with E-state index < -0.39 is 94.5 Å². The van der Waals surface area contributed by atoms with E-state index >= 15 is 0 Å². The fourth-order valence-electron chi connectivity index (χ4n) is 7.99. The monoisotopic (exact) mass is 1100 g/mol. The number of aromatic nitrogens is 4. The molecule has 410 valence electrons. The van der Waals surface area contributed by atoms with Crippen molar-refractivity contribution in [2.45, 2.75) is 144 Å². The number of anilines is 1. The Morgan fingerprint density at radius 3 is 1.80 bits per heavy atom. The highest BCUT2D eigenvalue weighted by Crippen LogP contribution is 2.48. The van der Waals surface area contributed by atoms with Gasteiger partial charge in [0.1, 0.15) is 45.9 Å². The zero-order valence-electron chi connectivity index (χ0n) is 45.4. The number of rotatable bonds is 29. The van der Waals surface area contributed by atoms with Crippen LogP contribution in [0.15, 0.2) is 71.8 Å². The molecule has 1 aliphatic heterocycles. The number of benzene rings is 2. The van der Waals surface area contributed by atoms with Crippen LogP contribution in [0, 0.1) is 5.92 Å². The fraction of sp³-hybridized carbons (Fsp3) is 0.592. The van der Waals surface area contributed by atoms with Gasteiger partial charge in [0, 0.05) is 31.8 Å². The maximum atomic E-state index is 13.7. The summed E-state index contributed by atoms with van der Waals surface area (Å²) in [7, 11) is -10.9. The Hall–Kier alpha value is -4.12. The van der Waals surface area contributed by atoms with Crippen LogP contribution >= 0.6 is 8.30 Å². The summed E-state index contributed by atoms with van der Waals surface area (Å²) in [5.41, 5.74) is 1.08. The minimum atomic E-state index is -4.29. The molecule has 0 aliphatic carbocycles. The number of imidazole rings is 1. The lowest BCUT2D eigenvalue weighted by molar-refractivity contribution is -0.319. The Kier molecular flexibility index (Phi) is 22.4. The van der Waals surface area contributed by atoms with Crippen molar-refractivity contribution >= 4 is 68.9 Å². The lowest BCUT2D eigenvalue weighted by Gasteiger charge is -2.41. The molecule has 0 spiro atoms. The van der Waals surface area contributed by atoms with E-state index in [9.17, 15) is 19.2 Å². The molecule has 21 nitrogen and oxygen atoms in total. The highest BCUT2D eigenvalue weighted by Gasteiger charge is 2.57. The van der Waals surface area contributed by atoms with Gasteiger partial charge in [0.25, 0.3) is 12.0 Å². The number of nitrogens with one attached hydrogen (secondary N) is 2. The molecule has 5 atom stereocenters. The highest BCUT2D eigenvalue weighted by atomic mass is 31.2. The average Bonchev–Trinajstić information content (AvgIpc) is 3.87. The molecule has 5 rings (SSSR count). The van der Waals surface area contributed by atoms with Gasteiger partial charge in [0.2, 0.25) is 11.9 Å². The van der Waals surface area contributed by atoms with Crippen LogP contribution in [0.3, 0.4) is 0 Å². The zero-order valence-corrected chi connectivity index (χ0v) is 49.3. The van der Waals surface area contributed by atoms with Crippen LogP contribution < -0.4 is 10.9 Å². The number of H-pyrrole nitrogens is 1. The van der Waals surface area contributed by atoms with Crippen molar-refractivity contribution in [3.8, 4) is 0 Å². The van der Waals surface area contributed by atoms with E-state index in [1.165, 1.54) is 24.7 Å². The fourth-order valence-corrected chi connectivity index (χ4v) is 18.4. The minimum Gasteiger partial charge on any atom is -0.463 e. The number of carbonyl (C=O) groups is 3. The Bertz CT molecular complexity index is 2390. The van der Waals surface area contributed by atoms with Gasteiger partial charge in [-0.2, -0.15) is 4.98 Å². The molecule has 74 heavy (non-hydrogen) atoms. The summed E-state index contributed by atoms with van der Waals surface area (Å²) in [6.07, 6.45) is -3.75. The molecule has 0 bridgehead atoms. The quantitative estimate of drug-likeness (QED) is 0.0173. The molecule has 1 amide bonds. The molecule has 0 saturated carbocycles. The lowest BCUT2D eigenvalue weighted by atomic mass is 10.0. The van der Waals surface area contributed by atoms with Crippen molar-refractivity contribution in [1.29, 1.82) is 0 Å². The van der Waals surface area contributed by atoms with Gasteiger partial charge in [-0.25, -0.2) is 4.98 Å². The molecule has 2 aromatic carbocycles. The molecule has 2 unspecified atom stereocenters. The summed E-state index contributed by atoms with van der Waals surface area (Å²) in [6, 6.07) is 19.7. The molecule has 1 fully saturated rings. The zero-order chi connectivity index (χ0) is 54.5. The van der Waals surface area contributed by atoms with E-state index in [2.05, 4.69) is 52.6 Å². The topological polar surface area (TPSA) is 232 Å². The maximum Gasteiger partial charge on any atom is 0.659 e. The smallest absolute Gasteiger partial charge is 0.463 e. The van der Waals surface area contributed by atoms with Crippen LogP contribution in [0.5, 0.6) is 0 Å². The van der Waals surface area contributed by atoms with Crippen molar-refractivity contribution in [3.05, 3.63) is 88.5 Å². The van der Waals surface area contributed by atoms with Gasteiger partial charge in [0.05, 0.1) is 26.1 Å². The minimum absolute atomic E-state index is 0.0457. The first-order valence-electron chi connectivity index (χ1n) is 24.9. The average molecular weight is 1110 g/mol. The molecule has 0 radical (unpaired) electrons. The molecule has 4 aromatic rings. The molecule has 2 aromatic heterocycles. The third-order valence-corrected chi connectivity index (χ3v) is 20.8. The number of nitrogens with zero attached hydrogens (tertiary/aromatic N) is 4. The molecule has 2 N–H and O–H groups in total. The standard InChI is InChI=1S/C49H77N6O15PSi3/c1-32(2)45(58)52-48-51-44-40(46(59)53-48)50-31-54(44)47-43(66-49(62-28-26-60-35(7)56)63-29-27-61-36(8)57)42(67-71(9)55(33(3)4)34(5)6)39(65-47)30-64-74(69-72(10,11)12,70-73(13,14)15)68-41(37-22-18-16-19-23-37)38-24-20-17-21-25-38/h16-25,31-34,39,41-43,47,49H,26-30H2,1-15H3,(H2,51,52,53,58,59)/t39-,42?,43+,47-,71?/m1/s1. The first kappa shape index (κ1) is 60.7. The van der Waals surface area contributed by atoms with Gasteiger partial charge < -0.3 is 50.0 Å². The summed E-state index contributed by atoms with van der Waals surface area (Å²) in [4.78, 5) is 61.8. The highest BCUT2D eigenvalue weighted by molar-refractivity contribution is 7.49. The molecule has 25 heteroatoms. The van der Waals surface area contributed by atoms with Gasteiger partial charge in [-0.15, -0.1) is 0 Å². The largest absolute Gasteiger partial charge is 0.659 e. The van der Waals surface area contributed by atoms with Gasteiger partial charge in [0.15, 0.2) is 34.0 Å². The van der Waals surface area contributed by atoms with E-state index in [1.807, 2.05) is 107 Å². The van der Waals surface area contributed by atoms with Gasteiger partial charge in [-0.05, 0) is 84.8 Å². The maximum absolute atomic E-state index is 13.7. The summed E-state index contributed by atoms with van der Waals surface area (Å²) in [5.74, 6) is -1.96. The molecule has 1 aliphatic rings. The summed E-state index contributed by atoms with van der Waals surface area (Å²) in [6.45, 7) is 26.2. The number of ether oxygens (including phenoxy) is 6. The van der Waals surface area contributed by atoms with Crippen LogP contribution in [0.25, 0.3) is 11.2 Å². The second kappa shape index (κ2) is 27.3. The van der Waals surface area contributed by atoms with Crippen molar-refractivity contribution in [2.75, 3.05) is 45.0 Å². The lowest BCUT2D eigenvalue weighted by Crippen LogP contribution is -2.60. The molecular weight excluding hydrogens is 1030 g/mol. The van der Waals surface area contributed by atoms with Crippen LogP contribution in [-0.4, -0.2) is 144 Å². The molecule has 1 saturated heterocycles. The summed E-state index contributed by atoms with van der Waals surface area (Å²) in [5, 5.41) is 2.68. The van der Waals surface area contributed by atoms with Gasteiger partial charge >= 0.3 is 21.0 Å². The molecule has 3 heterocycles.